The van der Waals surface area contributed by atoms with Crippen molar-refractivity contribution in [2.45, 2.75) is 0 Å². The van der Waals surface area contributed by atoms with Gasteiger partial charge in [-0.25, -0.2) is 4.39 Å². The Hall–Kier alpha value is -1.64. The average molecular weight is 295 g/mol. The highest BCUT2D eigenvalue weighted by atomic mass is 35.5. The highest BCUT2D eigenvalue weighted by Crippen LogP contribution is 2.20. The number of halogens is 3. The second kappa shape index (κ2) is 6.00. The number of allylic oxidation sites excluding steroid dienone is 1. The first-order chi connectivity index (χ1) is 9.08. The molecule has 2 aromatic carbocycles. The smallest absolute Gasteiger partial charge is 0.190 e. The minimum atomic E-state index is -0.627. The topological polar surface area (TPSA) is 17.1 Å². The van der Waals surface area contributed by atoms with E-state index in [1.54, 1.807) is 30.3 Å². The van der Waals surface area contributed by atoms with Crippen LogP contribution in [0.25, 0.3) is 6.08 Å². The molecule has 96 valence electrons. The van der Waals surface area contributed by atoms with Crippen molar-refractivity contribution < 1.29 is 9.18 Å². The number of carbonyl (C=O) groups excluding carboxylic acids is 1. The molecule has 0 atom stereocenters. The molecule has 0 N–H and O–H groups in total. The lowest BCUT2D eigenvalue weighted by Crippen LogP contribution is -1.99. The van der Waals surface area contributed by atoms with Crippen molar-refractivity contribution in [1.29, 1.82) is 0 Å². The highest BCUT2D eigenvalue weighted by Gasteiger charge is 2.12. The molecule has 19 heavy (non-hydrogen) atoms. The summed E-state index contributed by atoms with van der Waals surface area (Å²) < 4.78 is 13.5. The third kappa shape index (κ3) is 3.43. The fourth-order valence-electron chi connectivity index (χ4n) is 1.56. The molecular weight excluding hydrogens is 286 g/mol. The largest absolute Gasteiger partial charge is 0.289 e. The monoisotopic (exact) mass is 294 g/mol. The van der Waals surface area contributed by atoms with Crippen LogP contribution in [-0.2, 0) is 0 Å². The summed E-state index contributed by atoms with van der Waals surface area (Å²) in [5.41, 5.74) is 0.680. The van der Waals surface area contributed by atoms with Crippen LogP contribution in [0.1, 0.15) is 15.9 Å². The van der Waals surface area contributed by atoms with Gasteiger partial charge < -0.3 is 0 Å². The van der Waals surface area contributed by atoms with Crippen LogP contribution in [0.2, 0.25) is 10.0 Å². The van der Waals surface area contributed by atoms with Gasteiger partial charge >= 0.3 is 0 Å². The van der Waals surface area contributed by atoms with Crippen molar-refractivity contribution in [2.24, 2.45) is 0 Å². The van der Waals surface area contributed by atoms with E-state index < -0.39 is 11.6 Å². The molecule has 0 heterocycles. The van der Waals surface area contributed by atoms with Gasteiger partial charge in [-0.2, -0.15) is 0 Å². The molecule has 0 amide bonds. The van der Waals surface area contributed by atoms with E-state index in [0.717, 1.165) is 5.56 Å². The Kier molecular flexibility index (Phi) is 4.35. The van der Waals surface area contributed by atoms with Crippen molar-refractivity contribution in [3.63, 3.8) is 0 Å². The number of rotatable bonds is 3. The summed E-state index contributed by atoms with van der Waals surface area (Å²) in [6.45, 7) is 0. The second-order valence-corrected chi connectivity index (χ2v) is 4.69. The summed E-state index contributed by atoms with van der Waals surface area (Å²) in [6, 6.07) is 11.1. The maximum atomic E-state index is 13.5. The van der Waals surface area contributed by atoms with Crippen molar-refractivity contribution in [2.75, 3.05) is 0 Å². The van der Waals surface area contributed by atoms with E-state index in [1.807, 2.05) is 0 Å². The molecule has 1 nitrogen and oxygen atoms in total. The number of benzene rings is 2. The van der Waals surface area contributed by atoms with Crippen LogP contribution in [0, 0.1) is 5.82 Å². The predicted octanol–water partition coefficient (Wildman–Crippen LogP) is 5.03. The minimum Gasteiger partial charge on any atom is -0.289 e. The molecule has 4 heteroatoms. The molecule has 0 unspecified atom stereocenters. The molecular formula is C15H9Cl2FO. The fraction of sp³-hybridized carbons (Fsp3) is 0. The Morgan fingerprint density at radius 2 is 1.74 bits per heavy atom. The van der Waals surface area contributed by atoms with E-state index in [-0.39, 0.29) is 10.6 Å². The lowest BCUT2D eigenvalue weighted by atomic mass is 10.1. The van der Waals surface area contributed by atoms with Crippen LogP contribution >= 0.6 is 23.2 Å². The summed E-state index contributed by atoms with van der Waals surface area (Å²) in [5, 5.41) is 0.714. The van der Waals surface area contributed by atoms with Gasteiger partial charge in [-0.15, -0.1) is 0 Å². The van der Waals surface area contributed by atoms with Crippen LogP contribution in [0.5, 0.6) is 0 Å². The number of hydrogen-bond acceptors (Lipinski definition) is 1. The molecule has 2 rings (SSSR count). The van der Waals surface area contributed by atoms with Crippen molar-refractivity contribution in [3.05, 3.63) is 75.5 Å². The summed E-state index contributed by atoms with van der Waals surface area (Å²) in [6.07, 6.45) is 2.87. The first kappa shape index (κ1) is 13.8. The number of carbonyl (C=O) groups is 1. The SMILES string of the molecule is O=C(C=Cc1ccc(Cl)cc1)c1c(F)cccc1Cl. The van der Waals surface area contributed by atoms with Gasteiger partial charge in [-0.05, 0) is 35.9 Å². The molecule has 0 fully saturated rings. The van der Waals surface area contributed by atoms with Gasteiger partial charge in [0.05, 0.1) is 10.6 Å². The van der Waals surface area contributed by atoms with Crippen molar-refractivity contribution >= 4 is 35.1 Å². The Bertz CT molecular complexity index is 613. The van der Waals surface area contributed by atoms with Gasteiger partial charge in [0.25, 0.3) is 0 Å². The van der Waals surface area contributed by atoms with E-state index in [9.17, 15) is 9.18 Å². The molecule has 0 aliphatic carbocycles. The van der Waals surface area contributed by atoms with Crippen LogP contribution in [0.3, 0.4) is 0 Å². The number of ketones is 1. The zero-order chi connectivity index (χ0) is 13.8. The molecule has 0 spiro atoms. The maximum absolute atomic E-state index is 13.5. The Morgan fingerprint density at radius 1 is 1.05 bits per heavy atom. The molecule has 2 aromatic rings. The van der Waals surface area contributed by atoms with E-state index >= 15 is 0 Å². The lowest BCUT2D eigenvalue weighted by Gasteiger charge is -2.01. The van der Waals surface area contributed by atoms with Crippen LogP contribution in [-0.4, -0.2) is 5.78 Å². The van der Waals surface area contributed by atoms with E-state index in [1.165, 1.54) is 24.3 Å². The maximum Gasteiger partial charge on any atom is 0.190 e. The Labute approximate surface area is 120 Å². The van der Waals surface area contributed by atoms with Crippen molar-refractivity contribution in [3.8, 4) is 0 Å². The van der Waals surface area contributed by atoms with Crippen LogP contribution in [0.15, 0.2) is 48.5 Å². The molecule has 0 aliphatic rings. The zero-order valence-electron chi connectivity index (χ0n) is 9.74. The molecule has 0 aliphatic heterocycles. The third-order valence-corrected chi connectivity index (χ3v) is 3.07. The van der Waals surface area contributed by atoms with Crippen LogP contribution in [0.4, 0.5) is 4.39 Å². The highest BCUT2D eigenvalue weighted by molar-refractivity contribution is 6.34. The van der Waals surface area contributed by atoms with Gasteiger partial charge in [0.2, 0.25) is 0 Å². The van der Waals surface area contributed by atoms with Gasteiger partial charge in [0, 0.05) is 5.02 Å². The first-order valence-electron chi connectivity index (χ1n) is 5.50. The fourth-order valence-corrected chi connectivity index (χ4v) is 1.94. The van der Waals surface area contributed by atoms with Gasteiger partial charge in [-0.3, -0.25) is 4.79 Å². The summed E-state index contributed by atoms with van der Waals surface area (Å²) >= 11 is 11.6. The minimum absolute atomic E-state index is 0.103. The quantitative estimate of drug-likeness (QED) is 0.573. The normalized spacial score (nSPS) is 10.9. The molecule has 0 bridgehead atoms. The lowest BCUT2D eigenvalue weighted by molar-refractivity contribution is 0.104. The standard InChI is InChI=1S/C15H9Cl2FO/c16-11-7-4-10(5-8-11)6-9-14(19)15-12(17)2-1-3-13(15)18/h1-9H. The summed E-state index contributed by atoms with van der Waals surface area (Å²) in [5.74, 6) is -1.10. The van der Waals surface area contributed by atoms with E-state index in [4.69, 9.17) is 23.2 Å². The third-order valence-electron chi connectivity index (χ3n) is 2.51. The average Bonchev–Trinajstić information content (AvgIpc) is 2.38. The summed E-state index contributed by atoms with van der Waals surface area (Å²) in [4.78, 5) is 11.9. The summed E-state index contributed by atoms with van der Waals surface area (Å²) in [7, 11) is 0. The Balaban J connectivity index is 2.24. The molecule has 0 saturated carbocycles. The predicted molar refractivity (Wildman–Crippen MR) is 76.2 cm³/mol. The van der Waals surface area contributed by atoms with Crippen molar-refractivity contribution in [1.82, 2.24) is 0 Å². The second-order valence-electron chi connectivity index (χ2n) is 3.85. The van der Waals surface area contributed by atoms with Gasteiger partial charge in [-0.1, -0.05) is 47.5 Å². The van der Waals surface area contributed by atoms with Crippen LogP contribution < -0.4 is 0 Å². The molecule has 0 saturated heterocycles. The van der Waals surface area contributed by atoms with Gasteiger partial charge in [0.15, 0.2) is 5.78 Å². The zero-order valence-corrected chi connectivity index (χ0v) is 11.3. The van der Waals surface area contributed by atoms with E-state index in [2.05, 4.69) is 0 Å². The molecule has 0 radical (unpaired) electrons. The first-order valence-corrected chi connectivity index (χ1v) is 6.25. The van der Waals surface area contributed by atoms with Gasteiger partial charge in [0.1, 0.15) is 5.82 Å². The molecule has 0 aromatic heterocycles. The van der Waals surface area contributed by atoms with E-state index in [0.29, 0.717) is 5.02 Å². The number of hydrogen-bond donors (Lipinski definition) is 0. The Morgan fingerprint density at radius 3 is 2.37 bits per heavy atom.